The minimum Gasteiger partial charge on any atom is -0.490 e. The predicted octanol–water partition coefficient (Wildman–Crippen LogP) is 4.14. The maximum Gasteiger partial charge on any atom is 0.410 e. The second-order valence-corrected chi connectivity index (χ2v) is 9.63. The molecule has 1 aromatic rings. The second kappa shape index (κ2) is 10.2. The zero-order valence-electron chi connectivity index (χ0n) is 21.3. The van der Waals surface area contributed by atoms with Gasteiger partial charge in [-0.15, -0.1) is 0 Å². The highest BCUT2D eigenvalue weighted by Crippen LogP contribution is 2.55. The molecule has 1 amide bonds. The first kappa shape index (κ1) is 26.4. The molecule has 0 saturated heterocycles. The summed E-state index contributed by atoms with van der Waals surface area (Å²) >= 11 is 0. The van der Waals surface area contributed by atoms with Crippen LogP contribution in [-0.4, -0.2) is 42.9 Å². The lowest BCUT2D eigenvalue weighted by molar-refractivity contribution is 0.0224. The Bertz CT molecular complexity index is 1210. The van der Waals surface area contributed by atoms with E-state index in [1.165, 1.54) is 4.90 Å². The number of amides is 1. The first-order chi connectivity index (χ1) is 17.1. The van der Waals surface area contributed by atoms with Gasteiger partial charge in [0.1, 0.15) is 11.7 Å². The van der Waals surface area contributed by atoms with Crippen molar-refractivity contribution in [1.29, 1.82) is 15.8 Å². The van der Waals surface area contributed by atoms with Gasteiger partial charge in [-0.25, -0.2) is 4.79 Å². The molecule has 9 nitrogen and oxygen atoms in total. The van der Waals surface area contributed by atoms with Crippen molar-refractivity contribution in [2.75, 3.05) is 26.3 Å². The van der Waals surface area contributed by atoms with Crippen LogP contribution in [0.4, 0.5) is 4.79 Å². The Labute approximate surface area is 211 Å². The largest absolute Gasteiger partial charge is 0.490 e. The van der Waals surface area contributed by atoms with E-state index >= 15 is 0 Å². The van der Waals surface area contributed by atoms with Crippen LogP contribution in [0.5, 0.6) is 11.5 Å². The van der Waals surface area contributed by atoms with Crippen LogP contribution >= 0.6 is 0 Å². The molecule has 9 heteroatoms. The lowest BCUT2D eigenvalue weighted by atomic mass is 9.58. The fourth-order valence-corrected chi connectivity index (χ4v) is 4.79. The minimum absolute atomic E-state index is 0.0833. The van der Waals surface area contributed by atoms with E-state index in [9.17, 15) is 20.6 Å². The number of fused-ring (bicyclic) bond motifs is 1. The van der Waals surface area contributed by atoms with E-state index in [0.29, 0.717) is 35.8 Å². The lowest BCUT2D eigenvalue weighted by Crippen LogP contribution is -2.50. The average molecular weight is 490 g/mol. The molecular formula is C27H31N5O4. The molecule has 1 aromatic carbocycles. The smallest absolute Gasteiger partial charge is 0.410 e. The summed E-state index contributed by atoms with van der Waals surface area (Å²) in [7, 11) is 0. The molecule has 0 fully saturated rings. The molecule has 2 aliphatic rings. The quantitative estimate of drug-likeness (QED) is 0.649. The molecule has 1 heterocycles. The summed E-state index contributed by atoms with van der Waals surface area (Å²) in [5.41, 5.74) is 5.12. The summed E-state index contributed by atoms with van der Waals surface area (Å²) in [5.74, 6) is -0.328. The second-order valence-electron chi connectivity index (χ2n) is 9.63. The molecule has 0 unspecified atom stereocenters. The molecule has 2 atom stereocenters. The van der Waals surface area contributed by atoms with E-state index in [1.54, 1.807) is 45.0 Å². The summed E-state index contributed by atoms with van der Waals surface area (Å²) in [6, 6.07) is 11.6. The van der Waals surface area contributed by atoms with Gasteiger partial charge in [-0.2, -0.15) is 15.8 Å². The van der Waals surface area contributed by atoms with Crippen molar-refractivity contribution < 1.29 is 19.0 Å². The molecular weight excluding hydrogens is 458 g/mol. The maximum absolute atomic E-state index is 12.9. The zero-order valence-corrected chi connectivity index (χ0v) is 21.3. The number of nitrogens with zero attached hydrogens (tertiary/aromatic N) is 4. The number of rotatable bonds is 5. The molecule has 1 aliphatic carbocycles. The van der Waals surface area contributed by atoms with Gasteiger partial charge in [0, 0.05) is 24.9 Å². The van der Waals surface area contributed by atoms with Crippen LogP contribution < -0.4 is 15.2 Å². The number of carbonyl (C=O) groups excluding carboxylic acids is 1. The lowest BCUT2D eigenvalue weighted by Gasteiger charge is -2.45. The average Bonchev–Trinajstić information content (AvgIpc) is 2.83. The van der Waals surface area contributed by atoms with E-state index in [0.717, 1.165) is 0 Å². The van der Waals surface area contributed by atoms with Gasteiger partial charge in [-0.05, 0) is 57.9 Å². The SMILES string of the molecule is CCOc1ccc([C@@H]2[C@@H]3CN(C(=O)OC(C)(C)C)CC=C3C(C#N)=C(N)C2(C#N)C#N)cc1OCC. The Morgan fingerprint density at radius 2 is 1.78 bits per heavy atom. The normalized spacial score (nSPS) is 20.7. The Morgan fingerprint density at radius 3 is 2.33 bits per heavy atom. The Hall–Kier alpha value is -4.16. The van der Waals surface area contributed by atoms with Gasteiger partial charge < -0.3 is 24.8 Å². The number of hydrogen-bond donors (Lipinski definition) is 1. The summed E-state index contributed by atoms with van der Waals surface area (Å²) in [5, 5.41) is 30.5. The Balaban J connectivity index is 2.22. The number of nitrogens with two attached hydrogens (primary N) is 1. The fourth-order valence-electron chi connectivity index (χ4n) is 4.79. The van der Waals surface area contributed by atoms with Gasteiger partial charge in [-0.3, -0.25) is 0 Å². The number of nitriles is 3. The van der Waals surface area contributed by atoms with Crippen molar-refractivity contribution in [2.45, 2.75) is 46.1 Å². The molecule has 0 saturated carbocycles. The summed E-state index contributed by atoms with van der Waals surface area (Å²) in [6.07, 6.45) is 1.24. The number of hydrogen-bond acceptors (Lipinski definition) is 8. The summed E-state index contributed by atoms with van der Waals surface area (Å²) in [6.45, 7) is 10.2. The molecule has 36 heavy (non-hydrogen) atoms. The zero-order chi connectivity index (χ0) is 26.7. The van der Waals surface area contributed by atoms with Gasteiger partial charge in [0.15, 0.2) is 16.9 Å². The van der Waals surface area contributed by atoms with Gasteiger partial charge >= 0.3 is 6.09 Å². The molecule has 0 bridgehead atoms. The maximum atomic E-state index is 12.9. The van der Waals surface area contributed by atoms with Crippen LogP contribution in [0.3, 0.4) is 0 Å². The van der Waals surface area contributed by atoms with Crippen molar-refractivity contribution in [3.05, 3.63) is 46.7 Å². The highest BCUT2D eigenvalue weighted by molar-refractivity contribution is 5.70. The molecule has 0 radical (unpaired) electrons. The van der Waals surface area contributed by atoms with Gasteiger partial charge in [-0.1, -0.05) is 12.1 Å². The van der Waals surface area contributed by atoms with E-state index in [4.69, 9.17) is 19.9 Å². The molecule has 2 N–H and O–H groups in total. The van der Waals surface area contributed by atoms with Crippen molar-refractivity contribution in [3.63, 3.8) is 0 Å². The third kappa shape index (κ3) is 4.68. The number of ether oxygens (including phenoxy) is 3. The molecule has 0 aromatic heterocycles. The molecule has 188 valence electrons. The first-order valence-electron chi connectivity index (χ1n) is 11.9. The molecule has 0 spiro atoms. The topological polar surface area (TPSA) is 145 Å². The summed E-state index contributed by atoms with van der Waals surface area (Å²) in [4.78, 5) is 14.4. The highest BCUT2D eigenvalue weighted by Gasteiger charge is 2.55. The Kier molecular flexibility index (Phi) is 7.51. The van der Waals surface area contributed by atoms with E-state index in [1.807, 2.05) is 13.8 Å². The number of carbonyl (C=O) groups is 1. The van der Waals surface area contributed by atoms with E-state index in [-0.39, 0.29) is 24.4 Å². The predicted molar refractivity (Wildman–Crippen MR) is 131 cm³/mol. The number of allylic oxidation sites excluding steroid dienone is 2. The standard InChI is InChI=1S/C27H31N5O4/c1-6-34-21-9-8-17(12-22(21)35-7-2)23-20-14-32(25(33)36-26(3,4)5)11-10-18(20)19(13-28)24(31)27(23,15-29)16-30/h8-10,12,20,23H,6-7,11,14,31H2,1-5H3/t20-,23-/m1/s1. The van der Waals surface area contributed by atoms with Crippen LogP contribution in [0, 0.1) is 45.3 Å². The van der Waals surface area contributed by atoms with E-state index in [2.05, 4.69) is 18.2 Å². The molecule has 3 rings (SSSR count). The molecule has 1 aliphatic heterocycles. The first-order valence-corrected chi connectivity index (χ1v) is 11.9. The van der Waals surface area contributed by atoms with Crippen molar-refractivity contribution in [2.24, 2.45) is 17.1 Å². The van der Waals surface area contributed by atoms with Gasteiger partial charge in [0.2, 0.25) is 0 Å². The van der Waals surface area contributed by atoms with Crippen molar-refractivity contribution in [1.82, 2.24) is 4.90 Å². The number of benzene rings is 1. The van der Waals surface area contributed by atoms with Crippen LogP contribution in [0.15, 0.2) is 41.1 Å². The summed E-state index contributed by atoms with van der Waals surface area (Å²) < 4.78 is 17.0. The highest BCUT2D eigenvalue weighted by atomic mass is 16.6. The van der Waals surface area contributed by atoms with Crippen molar-refractivity contribution >= 4 is 6.09 Å². The van der Waals surface area contributed by atoms with Crippen LogP contribution in [-0.2, 0) is 4.74 Å². The van der Waals surface area contributed by atoms with Crippen LogP contribution in [0.1, 0.15) is 46.1 Å². The van der Waals surface area contributed by atoms with Crippen LogP contribution in [0.2, 0.25) is 0 Å². The third-order valence-electron chi connectivity index (χ3n) is 6.24. The van der Waals surface area contributed by atoms with E-state index < -0.39 is 28.9 Å². The van der Waals surface area contributed by atoms with Crippen LogP contribution in [0.25, 0.3) is 0 Å². The van der Waals surface area contributed by atoms with Crippen molar-refractivity contribution in [3.8, 4) is 29.7 Å². The monoisotopic (exact) mass is 489 g/mol. The third-order valence-corrected chi connectivity index (χ3v) is 6.24. The minimum atomic E-state index is -1.83. The van der Waals surface area contributed by atoms with Gasteiger partial charge in [0.05, 0.1) is 36.6 Å². The van der Waals surface area contributed by atoms with Gasteiger partial charge in [0.25, 0.3) is 0 Å². The fraction of sp³-hybridized carbons (Fsp3) is 0.481. The Morgan fingerprint density at radius 1 is 1.14 bits per heavy atom.